The van der Waals surface area contributed by atoms with E-state index in [1.165, 1.54) is 24.3 Å². The van der Waals surface area contributed by atoms with Crippen molar-refractivity contribution < 1.29 is 18.8 Å². The molecule has 0 saturated carbocycles. The van der Waals surface area contributed by atoms with Crippen molar-refractivity contribution in [3.05, 3.63) is 12.3 Å². The van der Waals surface area contributed by atoms with Crippen molar-refractivity contribution >= 4 is 17.8 Å². The summed E-state index contributed by atoms with van der Waals surface area (Å²) in [5, 5.41) is 8.93. The number of hydrogen-bond donors (Lipinski definition) is 2. The first-order valence-corrected chi connectivity index (χ1v) is 6.58. The highest BCUT2D eigenvalue weighted by Crippen LogP contribution is 2.04. The molecule has 1 aromatic heterocycles. The molecule has 1 rings (SSSR count). The molecule has 0 spiro atoms. The molecule has 0 fully saturated rings. The van der Waals surface area contributed by atoms with Gasteiger partial charge in [-0.05, 0) is 20.8 Å². The minimum atomic E-state index is -0.384. The molecule has 0 aliphatic carbocycles. The van der Waals surface area contributed by atoms with E-state index in [9.17, 15) is 9.59 Å². The Balaban J connectivity index is 2.59. The van der Waals surface area contributed by atoms with Gasteiger partial charge in [0.25, 0.3) is 0 Å². The van der Waals surface area contributed by atoms with E-state index in [2.05, 4.69) is 20.3 Å². The number of anilines is 1. The van der Waals surface area contributed by atoms with Crippen molar-refractivity contribution in [2.45, 2.75) is 26.3 Å². The molecule has 118 valence electrons. The molecule has 0 atom stereocenters. The third-order valence-electron chi connectivity index (χ3n) is 2.37. The number of carbonyl (C=O) groups excluding carboxylic acids is 2. The Morgan fingerprint density at radius 3 is 2.67 bits per heavy atom. The van der Waals surface area contributed by atoms with Crippen LogP contribution in [0.2, 0.25) is 0 Å². The Morgan fingerprint density at radius 1 is 1.43 bits per heavy atom. The summed E-state index contributed by atoms with van der Waals surface area (Å²) in [6, 6.07) is 1.20. The molecule has 0 aromatic carbocycles. The van der Waals surface area contributed by atoms with Crippen LogP contribution in [0, 0.1) is 0 Å². The molecular formula is C13H22N4O4. The zero-order valence-corrected chi connectivity index (χ0v) is 12.8. The van der Waals surface area contributed by atoms with Crippen LogP contribution in [0.1, 0.15) is 20.8 Å². The van der Waals surface area contributed by atoms with Crippen LogP contribution in [0.25, 0.3) is 0 Å². The van der Waals surface area contributed by atoms with E-state index >= 15 is 0 Å². The minimum absolute atomic E-state index is 0.0991. The van der Waals surface area contributed by atoms with Crippen LogP contribution < -0.4 is 10.6 Å². The second-order valence-corrected chi connectivity index (χ2v) is 5.53. The number of hydrogen-bond acceptors (Lipinski definition) is 5. The number of methoxy groups -OCH3 is 1. The fraction of sp³-hybridized carbons (Fsp3) is 0.615. The Labute approximate surface area is 123 Å². The van der Waals surface area contributed by atoms with Crippen LogP contribution in [0.4, 0.5) is 10.6 Å². The average molecular weight is 298 g/mol. The molecule has 21 heavy (non-hydrogen) atoms. The van der Waals surface area contributed by atoms with Crippen molar-refractivity contribution in [3.8, 4) is 0 Å². The summed E-state index contributed by atoms with van der Waals surface area (Å²) in [4.78, 5) is 25.4. The van der Waals surface area contributed by atoms with Gasteiger partial charge >= 0.3 is 6.03 Å². The quantitative estimate of drug-likeness (QED) is 0.819. The van der Waals surface area contributed by atoms with Crippen molar-refractivity contribution in [1.82, 2.24) is 15.4 Å². The highest BCUT2D eigenvalue weighted by Gasteiger charge is 2.21. The first-order chi connectivity index (χ1) is 9.81. The van der Waals surface area contributed by atoms with Crippen LogP contribution in [0.3, 0.4) is 0 Å². The highest BCUT2D eigenvalue weighted by atomic mass is 16.5. The van der Waals surface area contributed by atoms with Crippen LogP contribution in [0.15, 0.2) is 16.9 Å². The van der Waals surface area contributed by atoms with E-state index < -0.39 is 0 Å². The first-order valence-electron chi connectivity index (χ1n) is 6.58. The molecule has 0 saturated heterocycles. The molecule has 0 radical (unpaired) electrons. The summed E-state index contributed by atoms with van der Waals surface area (Å²) in [6.45, 7) is 6.16. The maximum atomic E-state index is 12.1. The summed E-state index contributed by atoms with van der Waals surface area (Å²) < 4.78 is 9.58. The van der Waals surface area contributed by atoms with Gasteiger partial charge in [-0.2, -0.15) is 0 Å². The van der Waals surface area contributed by atoms with E-state index in [1.807, 2.05) is 20.8 Å². The van der Waals surface area contributed by atoms with Gasteiger partial charge in [0.15, 0.2) is 5.82 Å². The zero-order valence-electron chi connectivity index (χ0n) is 12.8. The van der Waals surface area contributed by atoms with Gasteiger partial charge in [-0.1, -0.05) is 5.16 Å². The smallest absolute Gasteiger partial charge is 0.318 e. The van der Waals surface area contributed by atoms with Crippen LogP contribution in [-0.4, -0.2) is 54.3 Å². The van der Waals surface area contributed by atoms with E-state index in [-0.39, 0.29) is 24.0 Å². The molecule has 8 nitrogen and oxygen atoms in total. The summed E-state index contributed by atoms with van der Waals surface area (Å²) in [7, 11) is 1.54. The normalized spacial score (nSPS) is 11.0. The van der Waals surface area contributed by atoms with Crippen LogP contribution in [-0.2, 0) is 9.53 Å². The third kappa shape index (κ3) is 6.75. The molecule has 0 aliphatic heterocycles. The van der Waals surface area contributed by atoms with Gasteiger partial charge in [-0.25, -0.2) is 4.79 Å². The lowest BCUT2D eigenvalue weighted by Gasteiger charge is -2.27. The Morgan fingerprint density at radius 2 is 2.14 bits per heavy atom. The Bertz CT molecular complexity index is 453. The van der Waals surface area contributed by atoms with Gasteiger partial charge in [-0.3, -0.25) is 4.79 Å². The second kappa shape index (κ2) is 7.63. The highest BCUT2D eigenvalue weighted by molar-refractivity contribution is 5.93. The van der Waals surface area contributed by atoms with Crippen molar-refractivity contribution in [2.24, 2.45) is 0 Å². The van der Waals surface area contributed by atoms with Crippen LogP contribution in [0.5, 0.6) is 0 Å². The molecule has 0 bridgehead atoms. The maximum Gasteiger partial charge on any atom is 0.318 e. The van der Waals surface area contributed by atoms with E-state index in [0.717, 1.165) is 0 Å². The lowest BCUT2D eigenvalue weighted by atomic mass is 10.1. The molecule has 0 aliphatic rings. The van der Waals surface area contributed by atoms with Crippen molar-refractivity contribution in [1.29, 1.82) is 0 Å². The van der Waals surface area contributed by atoms with Gasteiger partial charge in [0.05, 0.1) is 6.61 Å². The molecule has 8 heteroatoms. The Kier molecular flexibility index (Phi) is 6.16. The number of carbonyl (C=O) groups is 2. The largest absolute Gasteiger partial charge is 0.383 e. The third-order valence-corrected chi connectivity index (χ3v) is 2.37. The molecule has 0 unspecified atom stereocenters. The molecule has 2 N–H and O–H groups in total. The van der Waals surface area contributed by atoms with Gasteiger partial charge in [0.1, 0.15) is 12.8 Å². The number of amides is 3. The van der Waals surface area contributed by atoms with Crippen molar-refractivity contribution in [2.75, 3.05) is 32.1 Å². The second-order valence-electron chi connectivity index (χ2n) is 5.53. The number of urea groups is 1. The molecule has 1 heterocycles. The lowest BCUT2D eigenvalue weighted by Crippen LogP contribution is -2.51. The molecular weight excluding hydrogens is 276 g/mol. The minimum Gasteiger partial charge on any atom is -0.383 e. The summed E-state index contributed by atoms with van der Waals surface area (Å²) in [5.41, 5.74) is -0.384. The number of nitrogens with zero attached hydrogens (tertiary/aromatic N) is 2. The summed E-state index contributed by atoms with van der Waals surface area (Å²) in [6.07, 6.45) is 1.35. The maximum absolute atomic E-state index is 12.1. The topological polar surface area (TPSA) is 96.7 Å². The Hall–Kier alpha value is -2.09. The first kappa shape index (κ1) is 17.0. The summed E-state index contributed by atoms with van der Waals surface area (Å²) >= 11 is 0. The fourth-order valence-electron chi connectivity index (χ4n) is 1.49. The average Bonchev–Trinajstić information content (AvgIpc) is 2.84. The van der Waals surface area contributed by atoms with E-state index in [4.69, 9.17) is 4.74 Å². The monoisotopic (exact) mass is 298 g/mol. The molecule has 1 aromatic rings. The summed E-state index contributed by atoms with van der Waals surface area (Å²) in [5.74, 6) is -0.0491. The van der Waals surface area contributed by atoms with Gasteiger partial charge in [0, 0.05) is 25.3 Å². The number of ether oxygens (including phenoxy) is 1. The predicted octanol–water partition coefficient (Wildman–Crippen LogP) is 1.07. The predicted molar refractivity (Wildman–Crippen MR) is 76.9 cm³/mol. The van der Waals surface area contributed by atoms with E-state index in [0.29, 0.717) is 19.0 Å². The SMILES string of the molecule is COCCN(CC(=O)Nc1ccon1)C(=O)NC(C)(C)C. The molecule has 3 amide bonds. The number of aromatic nitrogens is 1. The fourth-order valence-corrected chi connectivity index (χ4v) is 1.49. The lowest BCUT2D eigenvalue weighted by molar-refractivity contribution is -0.116. The van der Waals surface area contributed by atoms with Crippen molar-refractivity contribution in [3.63, 3.8) is 0 Å². The zero-order chi connectivity index (χ0) is 15.9. The van der Waals surface area contributed by atoms with Gasteiger partial charge < -0.3 is 24.8 Å². The van der Waals surface area contributed by atoms with E-state index in [1.54, 1.807) is 0 Å². The number of nitrogens with one attached hydrogen (secondary N) is 2. The standard InChI is InChI=1S/C13H22N4O4/c1-13(2,3)15-12(19)17(6-8-20-4)9-11(18)14-10-5-7-21-16-10/h5,7H,6,8-9H2,1-4H3,(H,15,19)(H,14,16,18). The van der Waals surface area contributed by atoms with Gasteiger partial charge in [-0.15, -0.1) is 0 Å². The van der Waals surface area contributed by atoms with Gasteiger partial charge in [0.2, 0.25) is 5.91 Å². The van der Waals surface area contributed by atoms with Crippen LogP contribution >= 0.6 is 0 Å². The number of rotatable bonds is 6.